The van der Waals surface area contributed by atoms with Gasteiger partial charge in [0.25, 0.3) is 0 Å². The topological polar surface area (TPSA) is 73.5 Å². The smallest absolute Gasteiger partial charge is 0.209 e. The molecule has 8 heteroatoms. The van der Waals surface area contributed by atoms with Crippen molar-refractivity contribution in [3.05, 3.63) is 18.0 Å². The lowest BCUT2D eigenvalue weighted by Gasteiger charge is -2.08. The van der Waals surface area contributed by atoms with Crippen molar-refractivity contribution >= 4 is 11.8 Å². The Balaban J connectivity index is 1.85. The van der Waals surface area contributed by atoms with Gasteiger partial charge in [-0.25, -0.2) is 4.68 Å². The van der Waals surface area contributed by atoms with E-state index in [4.69, 9.17) is 0 Å². The van der Waals surface area contributed by atoms with Crippen molar-refractivity contribution in [1.82, 2.24) is 35.3 Å². The fraction of sp³-hybridized carbons (Fsp3) is 0.667. The van der Waals surface area contributed by atoms with Gasteiger partial charge in [-0.2, -0.15) is 5.10 Å². The van der Waals surface area contributed by atoms with Crippen LogP contribution in [0.5, 0.6) is 0 Å². The molecule has 0 saturated carbocycles. The molecule has 110 valence electrons. The van der Waals surface area contributed by atoms with Crippen LogP contribution in [0.4, 0.5) is 0 Å². The van der Waals surface area contributed by atoms with Crippen molar-refractivity contribution in [3.63, 3.8) is 0 Å². The van der Waals surface area contributed by atoms with Crippen molar-refractivity contribution < 1.29 is 0 Å². The summed E-state index contributed by atoms with van der Waals surface area (Å²) in [6.45, 7) is 8.86. The van der Waals surface area contributed by atoms with Crippen molar-refractivity contribution in [2.45, 2.75) is 50.8 Å². The van der Waals surface area contributed by atoms with E-state index in [-0.39, 0.29) is 0 Å². The molecule has 0 bridgehead atoms. The third kappa shape index (κ3) is 4.31. The zero-order valence-electron chi connectivity index (χ0n) is 12.2. The Morgan fingerprint density at radius 1 is 1.40 bits per heavy atom. The molecule has 2 heterocycles. The standard InChI is InChI=1S/C12H21N7S/c1-4-18-8-11(7-14-18)9-20-12-15-16-17-19(12)6-5-13-10(2)3/h7-8,10,13H,4-6,9H2,1-3H3. The molecule has 1 N–H and O–H groups in total. The van der Waals surface area contributed by atoms with Crippen molar-refractivity contribution in [1.29, 1.82) is 0 Å². The lowest BCUT2D eigenvalue weighted by molar-refractivity contribution is 0.485. The fourth-order valence-corrected chi connectivity index (χ4v) is 2.52. The van der Waals surface area contributed by atoms with E-state index < -0.39 is 0 Å². The second kappa shape index (κ2) is 7.39. The number of tetrazole rings is 1. The van der Waals surface area contributed by atoms with Crippen LogP contribution in [0.1, 0.15) is 26.3 Å². The Bertz CT molecular complexity index is 519. The second-order valence-electron chi connectivity index (χ2n) is 4.79. The second-order valence-corrected chi connectivity index (χ2v) is 5.73. The molecule has 2 aromatic heterocycles. The fourth-order valence-electron chi connectivity index (χ4n) is 1.70. The van der Waals surface area contributed by atoms with Crippen LogP contribution < -0.4 is 5.32 Å². The van der Waals surface area contributed by atoms with Gasteiger partial charge in [0.2, 0.25) is 5.16 Å². The first-order valence-corrected chi connectivity index (χ1v) is 7.81. The highest BCUT2D eigenvalue weighted by molar-refractivity contribution is 7.98. The Labute approximate surface area is 123 Å². The van der Waals surface area contributed by atoms with E-state index in [1.807, 2.05) is 15.6 Å². The largest absolute Gasteiger partial charge is 0.313 e. The Hall–Kier alpha value is -1.41. The molecule has 7 nitrogen and oxygen atoms in total. The molecule has 0 spiro atoms. The van der Waals surface area contributed by atoms with E-state index in [0.29, 0.717) is 6.04 Å². The van der Waals surface area contributed by atoms with E-state index in [0.717, 1.165) is 30.5 Å². The van der Waals surface area contributed by atoms with Crippen LogP contribution in [0, 0.1) is 0 Å². The van der Waals surface area contributed by atoms with Gasteiger partial charge in [0.1, 0.15) is 0 Å². The van der Waals surface area contributed by atoms with E-state index >= 15 is 0 Å². The minimum atomic E-state index is 0.475. The first-order chi connectivity index (χ1) is 9.69. The van der Waals surface area contributed by atoms with Gasteiger partial charge in [-0.3, -0.25) is 4.68 Å². The summed E-state index contributed by atoms with van der Waals surface area (Å²) in [6.07, 6.45) is 3.95. The SMILES string of the molecule is CCn1cc(CSc2nnnn2CCNC(C)C)cn1. The van der Waals surface area contributed by atoms with E-state index in [1.165, 1.54) is 5.56 Å². The predicted molar refractivity (Wildman–Crippen MR) is 78.4 cm³/mol. The maximum absolute atomic E-state index is 4.26. The summed E-state index contributed by atoms with van der Waals surface area (Å²) in [6, 6.07) is 0.475. The zero-order valence-corrected chi connectivity index (χ0v) is 13.0. The highest BCUT2D eigenvalue weighted by Crippen LogP contribution is 2.19. The predicted octanol–water partition coefficient (Wildman–Crippen LogP) is 1.18. The molecule has 0 aliphatic carbocycles. The molecule has 0 radical (unpaired) electrons. The van der Waals surface area contributed by atoms with Crippen LogP contribution in [0.2, 0.25) is 0 Å². The van der Waals surface area contributed by atoms with Gasteiger partial charge in [0, 0.05) is 36.6 Å². The molecule has 20 heavy (non-hydrogen) atoms. The normalized spacial score (nSPS) is 11.4. The number of hydrogen-bond donors (Lipinski definition) is 1. The molecule has 0 aliphatic rings. The minimum absolute atomic E-state index is 0.475. The van der Waals surface area contributed by atoms with Gasteiger partial charge >= 0.3 is 0 Å². The van der Waals surface area contributed by atoms with E-state index in [2.05, 4.69) is 52.9 Å². The molecule has 0 aliphatic heterocycles. The van der Waals surface area contributed by atoms with E-state index in [9.17, 15) is 0 Å². The molecule has 2 aromatic rings. The van der Waals surface area contributed by atoms with Crippen LogP contribution in [-0.2, 0) is 18.8 Å². The first-order valence-electron chi connectivity index (χ1n) is 6.82. The average molecular weight is 295 g/mol. The average Bonchev–Trinajstić information content (AvgIpc) is 3.04. The lowest BCUT2D eigenvalue weighted by atomic mass is 10.4. The molecule has 0 unspecified atom stereocenters. The quantitative estimate of drug-likeness (QED) is 0.737. The third-order valence-corrected chi connectivity index (χ3v) is 3.78. The number of nitrogens with zero attached hydrogens (tertiary/aromatic N) is 6. The molecule has 0 fully saturated rings. The van der Waals surface area contributed by atoms with Crippen molar-refractivity contribution in [2.75, 3.05) is 6.54 Å². The van der Waals surface area contributed by atoms with Gasteiger partial charge < -0.3 is 5.32 Å². The summed E-state index contributed by atoms with van der Waals surface area (Å²) < 4.78 is 3.76. The Morgan fingerprint density at radius 2 is 2.25 bits per heavy atom. The van der Waals surface area contributed by atoms with E-state index in [1.54, 1.807) is 11.8 Å². The van der Waals surface area contributed by atoms with Crippen LogP contribution in [0.25, 0.3) is 0 Å². The summed E-state index contributed by atoms with van der Waals surface area (Å²) in [5, 5.41) is 20.3. The van der Waals surface area contributed by atoms with Gasteiger partial charge in [-0.15, -0.1) is 5.10 Å². The number of rotatable bonds is 8. The van der Waals surface area contributed by atoms with Gasteiger partial charge in [-0.1, -0.05) is 25.6 Å². The number of thioether (sulfide) groups is 1. The maximum Gasteiger partial charge on any atom is 0.209 e. The van der Waals surface area contributed by atoms with Crippen LogP contribution in [0.3, 0.4) is 0 Å². The number of aromatic nitrogens is 6. The molecular weight excluding hydrogens is 274 g/mol. The molecule has 0 saturated heterocycles. The lowest BCUT2D eigenvalue weighted by Crippen LogP contribution is -2.27. The zero-order chi connectivity index (χ0) is 14.4. The number of nitrogens with one attached hydrogen (secondary N) is 1. The highest BCUT2D eigenvalue weighted by atomic mass is 32.2. The van der Waals surface area contributed by atoms with Crippen molar-refractivity contribution in [3.8, 4) is 0 Å². The minimum Gasteiger partial charge on any atom is -0.313 e. The van der Waals surface area contributed by atoms with Gasteiger partial charge in [0.15, 0.2) is 0 Å². The summed E-state index contributed by atoms with van der Waals surface area (Å²) in [5.74, 6) is 0.831. The number of hydrogen-bond acceptors (Lipinski definition) is 6. The molecular formula is C12H21N7S. The Kier molecular flexibility index (Phi) is 5.54. The first kappa shape index (κ1) is 15.0. The maximum atomic E-state index is 4.26. The van der Waals surface area contributed by atoms with Gasteiger partial charge in [-0.05, 0) is 17.4 Å². The molecule has 2 rings (SSSR count). The van der Waals surface area contributed by atoms with Crippen LogP contribution in [0.15, 0.2) is 17.6 Å². The summed E-state index contributed by atoms with van der Waals surface area (Å²) >= 11 is 1.64. The summed E-state index contributed by atoms with van der Waals surface area (Å²) in [7, 11) is 0. The molecule has 0 amide bonds. The third-order valence-electron chi connectivity index (χ3n) is 2.75. The number of aryl methyl sites for hydroxylation is 1. The van der Waals surface area contributed by atoms with Crippen LogP contribution >= 0.6 is 11.8 Å². The van der Waals surface area contributed by atoms with Gasteiger partial charge in [0.05, 0.1) is 12.7 Å². The molecule has 0 aromatic carbocycles. The Morgan fingerprint density at radius 3 is 2.95 bits per heavy atom. The molecule has 0 atom stereocenters. The monoisotopic (exact) mass is 295 g/mol. The van der Waals surface area contributed by atoms with Crippen molar-refractivity contribution in [2.24, 2.45) is 0 Å². The summed E-state index contributed by atoms with van der Waals surface area (Å²) in [5.41, 5.74) is 1.19. The highest BCUT2D eigenvalue weighted by Gasteiger charge is 2.08. The van der Waals surface area contributed by atoms with Crippen LogP contribution in [-0.4, -0.2) is 42.6 Å². The summed E-state index contributed by atoms with van der Waals surface area (Å²) in [4.78, 5) is 0.